The molecule has 4 nitrogen and oxygen atoms in total. The van der Waals surface area contributed by atoms with Crippen LogP contribution in [-0.2, 0) is 9.59 Å². The summed E-state index contributed by atoms with van der Waals surface area (Å²) in [6, 6.07) is -0.139. The van der Waals surface area contributed by atoms with Gasteiger partial charge in [-0.2, -0.15) is 0 Å². The predicted octanol–water partition coefficient (Wildman–Crippen LogP) is 1.30. The van der Waals surface area contributed by atoms with E-state index in [1.165, 1.54) is 37.0 Å². The first kappa shape index (κ1) is 12.6. The average molecular weight is 238 g/mol. The van der Waals surface area contributed by atoms with E-state index in [0.717, 1.165) is 12.5 Å². The number of nitrogens with zero attached hydrogens (tertiary/aromatic N) is 1. The van der Waals surface area contributed by atoms with Crippen LogP contribution in [0.15, 0.2) is 0 Å². The molecule has 96 valence electrons. The van der Waals surface area contributed by atoms with Gasteiger partial charge in [-0.3, -0.25) is 14.5 Å². The van der Waals surface area contributed by atoms with Crippen molar-refractivity contribution in [3.05, 3.63) is 0 Å². The van der Waals surface area contributed by atoms with Gasteiger partial charge in [0, 0.05) is 13.5 Å². The number of hydrogen-bond acceptors (Lipinski definition) is 3. The first-order valence-electron chi connectivity index (χ1n) is 6.72. The van der Waals surface area contributed by atoms with E-state index in [-0.39, 0.29) is 17.9 Å². The number of hydrogen-bond donors (Lipinski definition) is 1. The smallest absolute Gasteiger partial charge is 0.246 e. The summed E-state index contributed by atoms with van der Waals surface area (Å²) in [6.45, 7) is 0.929. The zero-order chi connectivity index (χ0) is 12.3. The second-order valence-corrected chi connectivity index (χ2v) is 5.29. The van der Waals surface area contributed by atoms with Crippen molar-refractivity contribution in [3.8, 4) is 0 Å². The van der Waals surface area contributed by atoms with E-state index in [1.807, 2.05) is 0 Å². The lowest BCUT2D eigenvalue weighted by Crippen LogP contribution is -2.52. The number of piperidine rings is 1. The van der Waals surface area contributed by atoms with E-state index in [9.17, 15) is 9.59 Å². The zero-order valence-electron chi connectivity index (χ0n) is 10.6. The van der Waals surface area contributed by atoms with Crippen LogP contribution >= 0.6 is 0 Å². The van der Waals surface area contributed by atoms with Crippen LogP contribution in [0.4, 0.5) is 0 Å². The number of imide groups is 1. The van der Waals surface area contributed by atoms with Crippen molar-refractivity contribution in [2.45, 2.75) is 51.0 Å². The third-order valence-corrected chi connectivity index (χ3v) is 4.03. The van der Waals surface area contributed by atoms with Crippen LogP contribution in [0.2, 0.25) is 0 Å². The zero-order valence-corrected chi connectivity index (χ0v) is 10.6. The van der Waals surface area contributed by atoms with Crippen LogP contribution < -0.4 is 5.32 Å². The molecule has 0 aromatic carbocycles. The second kappa shape index (κ2) is 5.63. The Morgan fingerprint density at radius 1 is 1.18 bits per heavy atom. The Hall–Kier alpha value is -0.900. The van der Waals surface area contributed by atoms with E-state index in [2.05, 4.69) is 5.32 Å². The number of likely N-dealkylation sites (tertiary alicyclic amines) is 1. The van der Waals surface area contributed by atoms with Gasteiger partial charge in [-0.15, -0.1) is 0 Å². The van der Waals surface area contributed by atoms with Crippen LogP contribution in [0.3, 0.4) is 0 Å². The molecule has 0 radical (unpaired) electrons. The number of carbonyl (C=O) groups is 2. The van der Waals surface area contributed by atoms with Gasteiger partial charge in [0.25, 0.3) is 0 Å². The summed E-state index contributed by atoms with van der Waals surface area (Å²) in [5.74, 6) is 0.613. The predicted molar refractivity (Wildman–Crippen MR) is 65.4 cm³/mol. The molecule has 1 saturated carbocycles. The number of amides is 2. The van der Waals surface area contributed by atoms with Gasteiger partial charge < -0.3 is 5.32 Å². The lowest BCUT2D eigenvalue weighted by atomic mass is 9.89. The summed E-state index contributed by atoms with van der Waals surface area (Å²) in [7, 11) is 1.58. The Bertz CT molecular complexity index is 298. The molecule has 0 aromatic rings. The van der Waals surface area contributed by atoms with Crippen molar-refractivity contribution in [3.63, 3.8) is 0 Å². The maximum atomic E-state index is 11.9. The topological polar surface area (TPSA) is 49.4 Å². The molecule has 1 heterocycles. The summed E-state index contributed by atoms with van der Waals surface area (Å²) < 4.78 is 0. The maximum absolute atomic E-state index is 11.9. The average Bonchev–Trinajstić information content (AvgIpc) is 2.36. The van der Waals surface area contributed by atoms with E-state index in [4.69, 9.17) is 0 Å². The quantitative estimate of drug-likeness (QED) is 0.754. The molecule has 4 heteroatoms. The summed E-state index contributed by atoms with van der Waals surface area (Å²) >= 11 is 0. The summed E-state index contributed by atoms with van der Waals surface area (Å²) in [4.78, 5) is 24.5. The van der Waals surface area contributed by atoms with Gasteiger partial charge in [-0.05, 0) is 31.7 Å². The van der Waals surface area contributed by atoms with Crippen molar-refractivity contribution >= 4 is 11.8 Å². The fraction of sp³-hybridized carbons (Fsp3) is 0.846. The van der Waals surface area contributed by atoms with Crippen molar-refractivity contribution in [2.24, 2.45) is 5.92 Å². The number of nitrogens with one attached hydrogen (secondary N) is 1. The van der Waals surface area contributed by atoms with Gasteiger partial charge in [0.05, 0.1) is 6.04 Å². The molecule has 2 aliphatic rings. The van der Waals surface area contributed by atoms with Crippen molar-refractivity contribution in [2.75, 3.05) is 13.6 Å². The fourth-order valence-electron chi connectivity index (χ4n) is 2.81. The van der Waals surface area contributed by atoms with Gasteiger partial charge in [-0.1, -0.05) is 19.3 Å². The maximum Gasteiger partial charge on any atom is 0.246 e. The molecule has 1 saturated heterocycles. The summed E-state index contributed by atoms with van der Waals surface area (Å²) in [6.07, 6.45) is 7.72. The van der Waals surface area contributed by atoms with Crippen LogP contribution in [0.25, 0.3) is 0 Å². The van der Waals surface area contributed by atoms with Gasteiger partial charge in [-0.25, -0.2) is 0 Å². The molecule has 1 unspecified atom stereocenters. The Morgan fingerprint density at radius 2 is 1.88 bits per heavy atom. The van der Waals surface area contributed by atoms with E-state index in [1.54, 1.807) is 7.05 Å². The van der Waals surface area contributed by atoms with Crippen molar-refractivity contribution in [1.82, 2.24) is 10.2 Å². The molecule has 1 aliphatic heterocycles. The normalized spacial score (nSPS) is 27.6. The fourth-order valence-corrected chi connectivity index (χ4v) is 2.81. The van der Waals surface area contributed by atoms with Gasteiger partial charge >= 0.3 is 0 Å². The SMILES string of the molecule is CN1C(=O)CCC(NCC2CCCCC2)C1=O. The monoisotopic (exact) mass is 238 g/mol. The molecule has 17 heavy (non-hydrogen) atoms. The first-order valence-corrected chi connectivity index (χ1v) is 6.72. The molecule has 1 N–H and O–H groups in total. The highest BCUT2D eigenvalue weighted by molar-refractivity contribution is 6.00. The van der Waals surface area contributed by atoms with Crippen LogP contribution in [-0.4, -0.2) is 36.3 Å². The van der Waals surface area contributed by atoms with Crippen molar-refractivity contribution in [1.29, 1.82) is 0 Å². The van der Waals surface area contributed by atoms with Gasteiger partial charge in [0.1, 0.15) is 0 Å². The minimum absolute atomic E-state index is 0.0503. The van der Waals surface area contributed by atoms with E-state index >= 15 is 0 Å². The number of carbonyl (C=O) groups excluding carboxylic acids is 2. The minimum Gasteiger partial charge on any atom is -0.306 e. The highest BCUT2D eigenvalue weighted by atomic mass is 16.2. The van der Waals surface area contributed by atoms with Crippen LogP contribution in [0, 0.1) is 5.92 Å². The van der Waals surface area contributed by atoms with E-state index < -0.39 is 0 Å². The molecule has 1 atom stereocenters. The second-order valence-electron chi connectivity index (χ2n) is 5.29. The number of likely N-dealkylation sites (N-methyl/N-ethyl adjacent to an activating group) is 1. The highest BCUT2D eigenvalue weighted by Crippen LogP contribution is 2.23. The third-order valence-electron chi connectivity index (χ3n) is 4.03. The molecular weight excluding hydrogens is 216 g/mol. The molecule has 0 bridgehead atoms. The molecule has 2 fully saturated rings. The molecule has 1 aliphatic carbocycles. The summed E-state index contributed by atoms with van der Waals surface area (Å²) in [5.41, 5.74) is 0. The summed E-state index contributed by atoms with van der Waals surface area (Å²) in [5, 5.41) is 3.35. The standard InChI is InChI=1S/C13H22N2O2/c1-15-12(16)8-7-11(13(15)17)14-9-10-5-3-2-4-6-10/h10-11,14H,2-9H2,1H3. The minimum atomic E-state index is -0.139. The number of rotatable bonds is 3. The van der Waals surface area contributed by atoms with E-state index in [0.29, 0.717) is 12.8 Å². The Kier molecular flexibility index (Phi) is 4.15. The van der Waals surface area contributed by atoms with Gasteiger partial charge in [0.15, 0.2) is 0 Å². The first-order chi connectivity index (χ1) is 8.18. The molecule has 2 amide bonds. The lowest BCUT2D eigenvalue weighted by Gasteiger charge is -2.30. The third kappa shape index (κ3) is 3.06. The largest absolute Gasteiger partial charge is 0.306 e. The Labute approximate surface area is 103 Å². The van der Waals surface area contributed by atoms with Crippen LogP contribution in [0.5, 0.6) is 0 Å². The lowest BCUT2D eigenvalue weighted by molar-refractivity contribution is -0.148. The Balaban J connectivity index is 1.78. The molecule has 0 spiro atoms. The van der Waals surface area contributed by atoms with Gasteiger partial charge in [0.2, 0.25) is 11.8 Å². The Morgan fingerprint density at radius 3 is 2.59 bits per heavy atom. The molecule has 0 aromatic heterocycles. The molecular formula is C13H22N2O2. The van der Waals surface area contributed by atoms with Crippen LogP contribution in [0.1, 0.15) is 44.9 Å². The highest BCUT2D eigenvalue weighted by Gasteiger charge is 2.31. The molecule has 2 rings (SSSR count). The van der Waals surface area contributed by atoms with Crippen molar-refractivity contribution < 1.29 is 9.59 Å².